The molecule has 7 heteroatoms. The summed E-state index contributed by atoms with van der Waals surface area (Å²) in [6.45, 7) is 0.754. The quantitative estimate of drug-likeness (QED) is 0.780. The predicted molar refractivity (Wildman–Crippen MR) is 94.8 cm³/mol. The van der Waals surface area contributed by atoms with Crippen molar-refractivity contribution in [2.45, 2.75) is 6.42 Å². The van der Waals surface area contributed by atoms with Crippen molar-refractivity contribution in [1.29, 1.82) is 0 Å². The minimum atomic E-state index is -1.33. The molecule has 0 saturated heterocycles. The number of benzene rings is 2. The van der Waals surface area contributed by atoms with Gasteiger partial charge in [-0.2, -0.15) is 0 Å². The molecule has 2 aromatic carbocycles. The largest absolute Gasteiger partial charge is 0.486 e. The van der Waals surface area contributed by atoms with Gasteiger partial charge < -0.3 is 19.7 Å². The molecular weight excluding hydrogens is 360 g/mol. The molecule has 0 unspecified atom stereocenters. The Balaban J connectivity index is 2.08. The Bertz CT molecular complexity index is 885. The Hall–Kier alpha value is -2.99. The van der Waals surface area contributed by atoms with Crippen molar-refractivity contribution in [2.75, 3.05) is 13.2 Å². The van der Waals surface area contributed by atoms with Gasteiger partial charge in [0.15, 0.2) is 11.5 Å². The van der Waals surface area contributed by atoms with Crippen molar-refractivity contribution in [2.24, 2.45) is 0 Å². The van der Waals surface area contributed by atoms with Crippen molar-refractivity contribution < 1.29 is 29.3 Å². The maximum absolute atomic E-state index is 11.8. The highest BCUT2D eigenvalue weighted by Crippen LogP contribution is 2.34. The topological polar surface area (TPSA) is 93.1 Å². The summed E-state index contributed by atoms with van der Waals surface area (Å²) in [7, 11) is 0. The Morgan fingerprint density at radius 1 is 0.923 bits per heavy atom. The van der Waals surface area contributed by atoms with Gasteiger partial charge in [-0.3, -0.25) is 0 Å². The standard InChI is InChI=1S/C19H15ClO6/c20-13-4-1-11(2-5-13)9-14(18(21)22)17(19(23)24)12-3-6-15-16(10-12)26-8-7-25-15/h1-6,10H,7-9H2,(H,21,22)(H,23,24)/b17-14-. The van der Waals surface area contributed by atoms with E-state index in [1.54, 1.807) is 30.3 Å². The summed E-state index contributed by atoms with van der Waals surface area (Å²) >= 11 is 5.84. The fourth-order valence-corrected chi connectivity index (χ4v) is 2.83. The molecule has 0 saturated carbocycles. The van der Waals surface area contributed by atoms with E-state index in [-0.39, 0.29) is 23.1 Å². The molecular formula is C19H15ClO6. The van der Waals surface area contributed by atoms with Crippen molar-refractivity contribution >= 4 is 29.1 Å². The molecule has 0 atom stereocenters. The van der Waals surface area contributed by atoms with Crippen LogP contribution in [0.5, 0.6) is 11.5 Å². The van der Waals surface area contributed by atoms with Crippen molar-refractivity contribution in [3.05, 3.63) is 64.2 Å². The number of aliphatic carboxylic acids is 2. The van der Waals surface area contributed by atoms with E-state index in [1.165, 1.54) is 12.1 Å². The van der Waals surface area contributed by atoms with Gasteiger partial charge in [0.1, 0.15) is 13.2 Å². The van der Waals surface area contributed by atoms with Gasteiger partial charge in [0.05, 0.1) is 11.1 Å². The maximum atomic E-state index is 11.8. The Kier molecular flexibility index (Phi) is 5.14. The summed E-state index contributed by atoms with van der Waals surface area (Å²) < 4.78 is 10.9. The average Bonchev–Trinajstić information content (AvgIpc) is 2.62. The molecule has 1 aliphatic rings. The summed E-state index contributed by atoms with van der Waals surface area (Å²) in [6.07, 6.45) is -0.0530. The summed E-state index contributed by atoms with van der Waals surface area (Å²) in [6, 6.07) is 11.2. The number of hydrogen-bond acceptors (Lipinski definition) is 4. The molecule has 1 aliphatic heterocycles. The van der Waals surface area contributed by atoms with Crippen LogP contribution in [0.2, 0.25) is 5.02 Å². The molecule has 0 aliphatic carbocycles. The smallest absolute Gasteiger partial charge is 0.336 e. The Labute approximate surface area is 154 Å². The summed E-state index contributed by atoms with van der Waals surface area (Å²) in [4.78, 5) is 23.6. The lowest BCUT2D eigenvalue weighted by atomic mass is 9.94. The second-order valence-corrected chi connectivity index (χ2v) is 6.06. The maximum Gasteiger partial charge on any atom is 0.336 e. The zero-order chi connectivity index (χ0) is 18.7. The number of ether oxygens (including phenoxy) is 2. The number of halogens is 1. The molecule has 26 heavy (non-hydrogen) atoms. The van der Waals surface area contributed by atoms with Crippen LogP contribution in [-0.2, 0) is 16.0 Å². The van der Waals surface area contributed by atoms with Gasteiger partial charge in [-0.05, 0) is 35.4 Å². The lowest BCUT2D eigenvalue weighted by molar-refractivity contribution is -0.134. The molecule has 3 rings (SSSR count). The zero-order valence-corrected chi connectivity index (χ0v) is 14.3. The van der Waals surface area contributed by atoms with E-state index in [4.69, 9.17) is 21.1 Å². The molecule has 0 aromatic heterocycles. The molecule has 0 radical (unpaired) electrons. The van der Waals surface area contributed by atoms with Gasteiger partial charge in [-0.1, -0.05) is 29.8 Å². The van der Waals surface area contributed by atoms with E-state index in [0.717, 1.165) is 0 Å². The van der Waals surface area contributed by atoms with E-state index in [2.05, 4.69) is 0 Å². The number of carboxylic acids is 2. The average molecular weight is 375 g/mol. The van der Waals surface area contributed by atoms with Crippen molar-refractivity contribution in [1.82, 2.24) is 0 Å². The van der Waals surface area contributed by atoms with E-state index in [1.807, 2.05) is 0 Å². The van der Waals surface area contributed by atoms with Crippen LogP contribution >= 0.6 is 11.6 Å². The molecule has 0 amide bonds. The number of carboxylic acid groups (broad SMARTS) is 2. The number of rotatable bonds is 5. The highest BCUT2D eigenvalue weighted by atomic mass is 35.5. The zero-order valence-electron chi connectivity index (χ0n) is 13.6. The normalized spacial score (nSPS) is 13.7. The monoisotopic (exact) mass is 374 g/mol. The molecule has 6 nitrogen and oxygen atoms in total. The molecule has 0 bridgehead atoms. The second-order valence-electron chi connectivity index (χ2n) is 5.63. The van der Waals surface area contributed by atoms with Crippen LogP contribution in [0.4, 0.5) is 0 Å². The minimum Gasteiger partial charge on any atom is -0.486 e. The SMILES string of the molecule is O=C(O)/C(Cc1ccc(Cl)cc1)=C(\C(=O)O)c1ccc2c(c1)OCCO2. The van der Waals surface area contributed by atoms with Crippen LogP contribution < -0.4 is 9.47 Å². The molecule has 0 fully saturated rings. The minimum absolute atomic E-state index is 0.0530. The van der Waals surface area contributed by atoms with Gasteiger partial charge in [0.2, 0.25) is 0 Å². The molecule has 0 spiro atoms. The Morgan fingerprint density at radius 3 is 2.19 bits per heavy atom. The van der Waals surface area contributed by atoms with E-state index in [9.17, 15) is 19.8 Å². The number of fused-ring (bicyclic) bond motifs is 1. The van der Waals surface area contributed by atoms with Crippen molar-refractivity contribution in [3.8, 4) is 11.5 Å². The first-order chi connectivity index (χ1) is 12.5. The predicted octanol–water partition coefficient (Wildman–Crippen LogP) is 3.28. The lowest BCUT2D eigenvalue weighted by Crippen LogP contribution is -2.16. The third-order valence-electron chi connectivity index (χ3n) is 3.90. The molecule has 2 N–H and O–H groups in total. The van der Waals surface area contributed by atoms with Crippen LogP contribution in [0.1, 0.15) is 11.1 Å². The van der Waals surface area contributed by atoms with Crippen molar-refractivity contribution in [3.63, 3.8) is 0 Å². The van der Waals surface area contributed by atoms with Crippen LogP contribution in [0.15, 0.2) is 48.0 Å². The number of hydrogen-bond donors (Lipinski definition) is 2. The van der Waals surface area contributed by atoms with E-state index < -0.39 is 11.9 Å². The third-order valence-corrected chi connectivity index (χ3v) is 4.15. The molecule has 2 aromatic rings. The first-order valence-electron chi connectivity index (χ1n) is 7.80. The highest BCUT2D eigenvalue weighted by molar-refractivity contribution is 6.30. The number of carbonyl (C=O) groups is 2. The Morgan fingerprint density at radius 2 is 1.58 bits per heavy atom. The van der Waals surface area contributed by atoms with Gasteiger partial charge in [-0.25, -0.2) is 9.59 Å². The third kappa shape index (κ3) is 3.81. The van der Waals surface area contributed by atoms with Crippen LogP contribution in [0.3, 0.4) is 0 Å². The fourth-order valence-electron chi connectivity index (χ4n) is 2.70. The second kappa shape index (κ2) is 7.49. The van der Waals surface area contributed by atoms with Gasteiger partial charge in [-0.15, -0.1) is 0 Å². The molecule has 1 heterocycles. The molecule has 134 valence electrons. The van der Waals surface area contributed by atoms with Gasteiger partial charge in [0, 0.05) is 11.4 Å². The van der Waals surface area contributed by atoms with Gasteiger partial charge >= 0.3 is 11.9 Å². The van der Waals surface area contributed by atoms with Crippen LogP contribution in [-0.4, -0.2) is 35.4 Å². The first-order valence-corrected chi connectivity index (χ1v) is 8.17. The van der Waals surface area contributed by atoms with Crippen LogP contribution in [0, 0.1) is 0 Å². The lowest BCUT2D eigenvalue weighted by Gasteiger charge is -2.19. The summed E-state index contributed by atoms with van der Waals surface area (Å²) in [5.74, 6) is -1.73. The van der Waals surface area contributed by atoms with Gasteiger partial charge in [0.25, 0.3) is 0 Å². The fraction of sp³-hybridized carbons (Fsp3) is 0.158. The summed E-state index contributed by atoms with van der Waals surface area (Å²) in [5.41, 5.74) is 0.372. The summed E-state index contributed by atoms with van der Waals surface area (Å²) in [5, 5.41) is 19.8. The highest BCUT2D eigenvalue weighted by Gasteiger charge is 2.24. The van der Waals surface area contributed by atoms with Crippen LogP contribution in [0.25, 0.3) is 5.57 Å². The van der Waals surface area contributed by atoms with E-state index in [0.29, 0.717) is 35.3 Å². The van der Waals surface area contributed by atoms with E-state index >= 15 is 0 Å². The first kappa shape index (κ1) is 17.8.